The third-order valence-electron chi connectivity index (χ3n) is 3.13. The number of carbonyl (C=O) groups excluding carboxylic acids is 1. The molecule has 1 aromatic carbocycles. The maximum atomic E-state index is 11.4. The molecule has 2 aromatic rings. The molecule has 0 bridgehead atoms. The largest absolute Gasteiger partial charge is 0.487 e. The summed E-state index contributed by atoms with van der Waals surface area (Å²) < 4.78 is 7.42. The highest BCUT2D eigenvalue weighted by atomic mass is 16.5. The van der Waals surface area contributed by atoms with Crippen LogP contribution in [-0.4, -0.2) is 15.7 Å². The summed E-state index contributed by atoms with van der Waals surface area (Å²) in [4.78, 5) is 11.4. The van der Waals surface area contributed by atoms with E-state index in [9.17, 15) is 4.79 Å². The fourth-order valence-corrected chi connectivity index (χ4v) is 2.14. The van der Waals surface area contributed by atoms with Crippen LogP contribution in [0.15, 0.2) is 30.5 Å². The van der Waals surface area contributed by atoms with Gasteiger partial charge in [-0.25, -0.2) is 0 Å². The molecule has 98 valence electrons. The molecule has 1 aromatic heterocycles. The van der Waals surface area contributed by atoms with Crippen LogP contribution in [0.2, 0.25) is 0 Å². The first-order valence-corrected chi connectivity index (χ1v) is 6.25. The fourth-order valence-electron chi connectivity index (χ4n) is 2.14. The molecule has 1 aliphatic rings. The summed E-state index contributed by atoms with van der Waals surface area (Å²) in [5, 5.41) is 7.11. The normalized spacial score (nSPS) is 13.8. The smallest absolute Gasteiger partial charge is 0.224 e. The zero-order valence-corrected chi connectivity index (χ0v) is 10.7. The highest BCUT2D eigenvalue weighted by molar-refractivity contribution is 5.94. The van der Waals surface area contributed by atoms with E-state index in [1.54, 1.807) is 4.68 Å². The maximum Gasteiger partial charge on any atom is 0.224 e. The first kappa shape index (κ1) is 11.8. The Bertz CT molecular complexity index is 619. The molecule has 0 atom stereocenters. The van der Waals surface area contributed by atoms with E-state index < -0.39 is 0 Å². The zero-order chi connectivity index (χ0) is 13.2. The minimum atomic E-state index is 0.0642. The van der Waals surface area contributed by atoms with Gasteiger partial charge in [-0.05, 0) is 24.1 Å². The van der Waals surface area contributed by atoms with Gasteiger partial charge in [0.15, 0.2) is 0 Å². The molecule has 0 fully saturated rings. The number of hydrogen-bond acceptors (Lipinski definition) is 3. The summed E-state index contributed by atoms with van der Waals surface area (Å²) in [7, 11) is 1.87. The molecule has 3 rings (SSSR count). The Morgan fingerprint density at radius 1 is 1.37 bits per heavy atom. The van der Waals surface area contributed by atoms with E-state index in [2.05, 4.69) is 10.4 Å². The van der Waals surface area contributed by atoms with Crippen molar-refractivity contribution in [1.82, 2.24) is 9.78 Å². The Morgan fingerprint density at radius 2 is 2.26 bits per heavy atom. The number of fused-ring (bicyclic) bond motifs is 1. The Balaban J connectivity index is 1.71. The van der Waals surface area contributed by atoms with E-state index in [4.69, 9.17) is 4.74 Å². The molecular weight excluding hydrogens is 242 g/mol. The monoisotopic (exact) mass is 257 g/mol. The molecule has 1 N–H and O–H groups in total. The van der Waals surface area contributed by atoms with E-state index in [0.717, 1.165) is 29.1 Å². The standard InChI is InChI=1S/C14H15N3O2/c1-17-7-6-11(16-17)9-19-12-4-2-10-3-5-14(18)15-13(10)8-12/h2,4,6-8H,3,5,9H2,1H3,(H,15,18). The molecule has 0 radical (unpaired) electrons. The number of benzene rings is 1. The second-order valence-corrected chi connectivity index (χ2v) is 4.64. The van der Waals surface area contributed by atoms with Crippen LogP contribution in [0.25, 0.3) is 0 Å². The van der Waals surface area contributed by atoms with E-state index >= 15 is 0 Å². The molecular formula is C14H15N3O2. The molecule has 19 heavy (non-hydrogen) atoms. The van der Waals surface area contributed by atoms with Crippen LogP contribution in [0.4, 0.5) is 5.69 Å². The lowest BCUT2D eigenvalue weighted by Gasteiger charge is -2.17. The van der Waals surface area contributed by atoms with Crippen molar-refractivity contribution in [1.29, 1.82) is 0 Å². The second kappa shape index (κ2) is 4.76. The molecule has 2 heterocycles. The highest BCUT2D eigenvalue weighted by Gasteiger charge is 2.15. The number of anilines is 1. The van der Waals surface area contributed by atoms with Crippen LogP contribution in [-0.2, 0) is 24.9 Å². The van der Waals surface area contributed by atoms with Gasteiger partial charge in [-0.1, -0.05) is 6.07 Å². The Kier molecular flexibility index (Phi) is 2.95. The van der Waals surface area contributed by atoms with Gasteiger partial charge in [0.25, 0.3) is 0 Å². The molecule has 5 nitrogen and oxygen atoms in total. The van der Waals surface area contributed by atoms with Crippen LogP contribution < -0.4 is 10.1 Å². The third-order valence-corrected chi connectivity index (χ3v) is 3.13. The van der Waals surface area contributed by atoms with Gasteiger partial charge in [-0.3, -0.25) is 9.48 Å². The van der Waals surface area contributed by atoms with E-state index in [0.29, 0.717) is 13.0 Å². The first-order chi connectivity index (χ1) is 9.20. The maximum absolute atomic E-state index is 11.4. The SMILES string of the molecule is Cn1ccc(COc2ccc3c(c2)NC(=O)CC3)n1. The highest BCUT2D eigenvalue weighted by Crippen LogP contribution is 2.27. The van der Waals surface area contributed by atoms with Gasteiger partial charge in [-0.15, -0.1) is 0 Å². The number of ether oxygens (including phenoxy) is 1. The van der Waals surface area contributed by atoms with Crippen molar-refractivity contribution in [3.05, 3.63) is 41.7 Å². The van der Waals surface area contributed by atoms with Gasteiger partial charge >= 0.3 is 0 Å². The zero-order valence-electron chi connectivity index (χ0n) is 10.7. The second-order valence-electron chi connectivity index (χ2n) is 4.64. The summed E-state index contributed by atoms with van der Waals surface area (Å²) in [5.41, 5.74) is 2.89. The van der Waals surface area contributed by atoms with Crippen molar-refractivity contribution >= 4 is 11.6 Å². The number of carbonyl (C=O) groups is 1. The minimum absolute atomic E-state index is 0.0642. The minimum Gasteiger partial charge on any atom is -0.487 e. The molecule has 5 heteroatoms. The summed E-state index contributed by atoms with van der Waals surface area (Å²) >= 11 is 0. The summed E-state index contributed by atoms with van der Waals surface area (Å²) in [6, 6.07) is 7.72. The lowest BCUT2D eigenvalue weighted by atomic mass is 10.0. The van der Waals surface area contributed by atoms with Crippen molar-refractivity contribution in [2.45, 2.75) is 19.4 Å². The number of hydrogen-bond donors (Lipinski definition) is 1. The predicted octanol–water partition coefficient (Wildman–Crippen LogP) is 1.88. The number of nitrogens with zero attached hydrogens (tertiary/aromatic N) is 2. The van der Waals surface area contributed by atoms with Gasteiger partial charge in [0.05, 0.1) is 5.69 Å². The first-order valence-electron chi connectivity index (χ1n) is 6.25. The van der Waals surface area contributed by atoms with Crippen LogP contribution >= 0.6 is 0 Å². The van der Waals surface area contributed by atoms with Gasteiger partial charge in [0, 0.05) is 31.4 Å². The van der Waals surface area contributed by atoms with Crippen LogP contribution in [0.1, 0.15) is 17.7 Å². The van der Waals surface area contributed by atoms with E-state index in [1.807, 2.05) is 37.5 Å². The van der Waals surface area contributed by atoms with Gasteiger partial charge < -0.3 is 10.1 Å². The topological polar surface area (TPSA) is 56.1 Å². The summed E-state index contributed by atoms with van der Waals surface area (Å²) in [6.07, 6.45) is 3.23. The van der Waals surface area contributed by atoms with E-state index in [-0.39, 0.29) is 5.91 Å². The number of nitrogens with one attached hydrogen (secondary N) is 1. The van der Waals surface area contributed by atoms with Crippen LogP contribution in [0, 0.1) is 0 Å². The molecule has 0 spiro atoms. The molecule has 0 unspecified atom stereocenters. The Labute approximate surface area is 111 Å². The molecule has 0 saturated carbocycles. The summed E-state index contributed by atoms with van der Waals surface area (Å²) in [5.74, 6) is 0.806. The third kappa shape index (κ3) is 2.59. The quantitative estimate of drug-likeness (QED) is 0.913. The molecule has 0 aliphatic carbocycles. The predicted molar refractivity (Wildman–Crippen MR) is 70.9 cm³/mol. The van der Waals surface area contributed by atoms with Gasteiger partial charge in [0.1, 0.15) is 12.4 Å². The van der Waals surface area contributed by atoms with Crippen molar-refractivity contribution in [3.63, 3.8) is 0 Å². The molecule has 1 aliphatic heterocycles. The summed E-state index contributed by atoms with van der Waals surface area (Å²) in [6.45, 7) is 0.424. The van der Waals surface area contributed by atoms with E-state index in [1.165, 1.54) is 0 Å². The van der Waals surface area contributed by atoms with Crippen molar-refractivity contribution in [3.8, 4) is 5.75 Å². The lowest BCUT2D eigenvalue weighted by Crippen LogP contribution is -2.18. The molecule has 1 amide bonds. The Hall–Kier alpha value is -2.30. The van der Waals surface area contributed by atoms with Crippen molar-refractivity contribution < 1.29 is 9.53 Å². The van der Waals surface area contributed by atoms with Crippen molar-refractivity contribution in [2.24, 2.45) is 7.05 Å². The lowest BCUT2D eigenvalue weighted by molar-refractivity contribution is -0.116. The average Bonchev–Trinajstić information content (AvgIpc) is 2.81. The van der Waals surface area contributed by atoms with Gasteiger partial charge in [-0.2, -0.15) is 5.10 Å². The van der Waals surface area contributed by atoms with Crippen molar-refractivity contribution in [2.75, 3.05) is 5.32 Å². The van der Waals surface area contributed by atoms with Crippen LogP contribution in [0.3, 0.4) is 0 Å². The van der Waals surface area contributed by atoms with Gasteiger partial charge in [0.2, 0.25) is 5.91 Å². The van der Waals surface area contributed by atoms with Crippen LogP contribution in [0.5, 0.6) is 5.75 Å². The number of rotatable bonds is 3. The average molecular weight is 257 g/mol. The molecule has 0 saturated heterocycles. The fraction of sp³-hybridized carbons (Fsp3) is 0.286. The number of amides is 1. The number of aryl methyl sites for hydroxylation is 2. The Morgan fingerprint density at radius 3 is 3.05 bits per heavy atom. The number of aromatic nitrogens is 2.